The Morgan fingerprint density at radius 2 is 2.12 bits per heavy atom. The second kappa shape index (κ2) is 4.21. The molecule has 0 saturated heterocycles. The summed E-state index contributed by atoms with van der Waals surface area (Å²) in [5.74, 6) is 0.670. The first-order valence-corrected chi connectivity index (χ1v) is 6.79. The molecule has 17 heavy (non-hydrogen) atoms. The van der Waals surface area contributed by atoms with Crippen molar-refractivity contribution < 1.29 is 13.2 Å². The lowest BCUT2D eigenvalue weighted by molar-refractivity contribution is 0.415. The molecular formula is C11H12N2O3S. The summed E-state index contributed by atoms with van der Waals surface area (Å²) in [5, 5.41) is 6.39. The van der Waals surface area contributed by atoms with Crippen LogP contribution in [0.25, 0.3) is 11.1 Å². The van der Waals surface area contributed by atoms with Gasteiger partial charge in [-0.25, -0.2) is 8.42 Å². The van der Waals surface area contributed by atoms with Gasteiger partial charge < -0.3 is 4.74 Å². The smallest absolute Gasteiger partial charge is 0.192 e. The van der Waals surface area contributed by atoms with Crippen LogP contribution in [-0.2, 0) is 9.84 Å². The maximum Gasteiger partial charge on any atom is 0.192 e. The van der Waals surface area contributed by atoms with Crippen LogP contribution >= 0.6 is 0 Å². The Bertz CT molecular complexity index is 632. The third-order valence-corrected chi connectivity index (χ3v) is 3.41. The molecule has 0 aliphatic rings. The number of nitrogens with one attached hydrogen (secondary N) is 1. The minimum Gasteiger partial charge on any atom is -0.497 e. The van der Waals surface area contributed by atoms with Crippen molar-refractivity contribution in [2.24, 2.45) is 0 Å². The van der Waals surface area contributed by atoms with Crippen molar-refractivity contribution in [3.63, 3.8) is 0 Å². The maximum absolute atomic E-state index is 11.5. The Hall–Kier alpha value is -1.82. The molecular weight excluding hydrogens is 240 g/mol. The number of ether oxygens (including phenoxy) is 1. The van der Waals surface area contributed by atoms with Gasteiger partial charge in [0.1, 0.15) is 5.75 Å². The SMILES string of the molecule is COc1cccc(-c2cn[nH]c2S(C)(=O)=O)c1. The zero-order valence-electron chi connectivity index (χ0n) is 9.47. The summed E-state index contributed by atoms with van der Waals surface area (Å²) < 4.78 is 28.2. The van der Waals surface area contributed by atoms with Crippen LogP contribution in [0.2, 0.25) is 0 Å². The van der Waals surface area contributed by atoms with Gasteiger partial charge in [-0.2, -0.15) is 5.10 Å². The number of aromatic nitrogens is 2. The molecule has 0 atom stereocenters. The molecule has 6 heteroatoms. The summed E-state index contributed by atoms with van der Waals surface area (Å²) in [6, 6.07) is 7.17. The van der Waals surface area contributed by atoms with Crippen LogP contribution in [0.15, 0.2) is 35.5 Å². The molecule has 2 aromatic rings. The summed E-state index contributed by atoms with van der Waals surface area (Å²) in [6.07, 6.45) is 2.63. The van der Waals surface area contributed by atoms with Gasteiger partial charge in [-0.3, -0.25) is 5.10 Å². The molecule has 0 aliphatic heterocycles. The van der Waals surface area contributed by atoms with E-state index >= 15 is 0 Å². The Balaban J connectivity index is 2.57. The van der Waals surface area contributed by atoms with E-state index in [4.69, 9.17) is 4.74 Å². The lowest BCUT2D eigenvalue weighted by atomic mass is 10.1. The first-order chi connectivity index (χ1) is 8.02. The van der Waals surface area contributed by atoms with Gasteiger partial charge in [-0.1, -0.05) is 12.1 Å². The number of nitrogens with zero attached hydrogens (tertiary/aromatic N) is 1. The average molecular weight is 252 g/mol. The van der Waals surface area contributed by atoms with E-state index in [-0.39, 0.29) is 5.03 Å². The van der Waals surface area contributed by atoms with E-state index in [1.54, 1.807) is 25.3 Å². The standard InChI is InChI=1S/C11H12N2O3S/c1-16-9-5-3-4-8(6-9)10-7-12-13-11(10)17(2,14)15/h3-7H,1-2H3,(H,12,13). The van der Waals surface area contributed by atoms with E-state index in [0.717, 1.165) is 11.8 Å². The van der Waals surface area contributed by atoms with Crippen molar-refractivity contribution in [1.29, 1.82) is 0 Å². The molecule has 0 amide bonds. The van der Waals surface area contributed by atoms with E-state index < -0.39 is 9.84 Å². The highest BCUT2D eigenvalue weighted by Crippen LogP contribution is 2.27. The van der Waals surface area contributed by atoms with E-state index in [1.807, 2.05) is 6.07 Å². The van der Waals surface area contributed by atoms with Gasteiger partial charge in [0, 0.05) is 11.8 Å². The number of aromatic amines is 1. The van der Waals surface area contributed by atoms with Crippen molar-refractivity contribution in [3.8, 4) is 16.9 Å². The molecule has 0 fully saturated rings. The fourth-order valence-electron chi connectivity index (χ4n) is 1.55. The number of H-pyrrole nitrogens is 1. The van der Waals surface area contributed by atoms with E-state index in [2.05, 4.69) is 10.2 Å². The molecule has 5 nitrogen and oxygen atoms in total. The molecule has 0 radical (unpaired) electrons. The first-order valence-electron chi connectivity index (χ1n) is 4.90. The predicted octanol–water partition coefficient (Wildman–Crippen LogP) is 1.49. The number of hydrogen-bond donors (Lipinski definition) is 1. The second-order valence-electron chi connectivity index (χ2n) is 3.62. The van der Waals surface area contributed by atoms with Crippen molar-refractivity contribution in [2.75, 3.05) is 13.4 Å². The largest absolute Gasteiger partial charge is 0.497 e. The van der Waals surface area contributed by atoms with E-state index in [9.17, 15) is 8.42 Å². The van der Waals surface area contributed by atoms with Crippen LogP contribution in [0.5, 0.6) is 5.75 Å². The highest BCUT2D eigenvalue weighted by molar-refractivity contribution is 7.90. The van der Waals surface area contributed by atoms with Crippen molar-refractivity contribution in [2.45, 2.75) is 5.03 Å². The fourth-order valence-corrected chi connectivity index (χ4v) is 2.34. The second-order valence-corrected chi connectivity index (χ2v) is 5.57. The van der Waals surface area contributed by atoms with Gasteiger partial charge in [-0.05, 0) is 17.7 Å². The Labute approximate surface area is 99.4 Å². The van der Waals surface area contributed by atoms with Crippen LogP contribution in [0, 0.1) is 0 Å². The number of methoxy groups -OCH3 is 1. The maximum atomic E-state index is 11.5. The van der Waals surface area contributed by atoms with Crippen LogP contribution in [0.3, 0.4) is 0 Å². The molecule has 0 unspecified atom stereocenters. The Kier molecular flexibility index (Phi) is 2.89. The molecule has 1 aromatic carbocycles. The van der Waals surface area contributed by atoms with Crippen molar-refractivity contribution in [3.05, 3.63) is 30.5 Å². The molecule has 1 N–H and O–H groups in total. The van der Waals surface area contributed by atoms with Crippen molar-refractivity contribution in [1.82, 2.24) is 10.2 Å². The molecule has 1 heterocycles. The normalized spacial score (nSPS) is 11.4. The van der Waals surface area contributed by atoms with E-state index in [0.29, 0.717) is 11.3 Å². The molecule has 1 aromatic heterocycles. The fraction of sp³-hybridized carbons (Fsp3) is 0.182. The lowest BCUT2D eigenvalue weighted by Gasteiger charge is -2.04. The lowest BCUT2D eigenvalue weighted by Crippen LogP contribution is -1.99. The number of benzene rings is 1. The Morgan fingerprint density at radius 1 is 1.35 bits per heavy atom. The quantitative estimate of drug-likeness (QED) is 0.898. The first kappa shape index (κ1) is 11.7. The minimum atomic E-state index is -3.32. The molecule has 0 bridgehead atoms. The molecule has 0 saturated carbocycles. The molecule has 0 spiro atoms. The van der Waals surface area contributed by atoms with Crippen molar-refractivity contribution >= 4 is 9.84 Å². The Morgan fingerprint density at radius 3 is 2.76 bits per heavy atom. The minimum absolute atomic E-state index is 0.116. The summed E-state index contributed by atoms with van der Waals surface area (Å²) in [5.41, 5.74) is 1.30. The van der Waals surface area contributed by atoms with Gasteiger partial charge >= 0.3 is 0 Å². The number of hydrogen-bond acceptors (Lipinski definition) is 4. The monoisotopic (exact) mass is 252 g/mol. The van der Waals surface area contributed by atoms with Crippen LogP contribution in [0.4, 0.5) is 0 Å². The van der Waals surface area contributed by atoms with Gasteiger partial charge in [0.25, 0.3) is 0 Å². The average Bonchev–Trinajstić information content (AvgIpc) is 2.77. The summed E-state index contributed by atoms with van der Waals surface area (Å²) >= 11 is 0. The van der Waals surface area contributed by atoms with Gasteiger partial charge in [-0.15, -0.1) is 0 Å². The molecule has 0 aliphatic carbocycles. The zero-order chi connectivity index (χ0) is 12.5. The van der Waals surface area contributed by atoms with Gasteiger partial charge in [0.2, 0.25) is 0 Å². The highest BCUT2D eigenvalue weighted by atomic mass is 32.2. The number of rotatable bonds is 3. The summed E-state index contributed by atoms with van der Waals surface area (Å²) in [4.78, 5) is 0. The van der Waals surface area contributed by atoms with E-state index in [1.165, 1.54) is 6.20 Å². The third kappa shape index (κ3) is 2.31. The zero-order valence-corrected chi connectivity index (χ0v) is 10.3. The molecule has 2 rings (SSSR count). The topological polar surface area (TPSA) is 72.0 Å². The predicted molar refractivity (Wildman–Crippen MR) is 63.7 cm³/mol. The van der Waals surface area contributed by atoms with Gasteiger partial charge in [0.15, 0.2) is 14.9 Å². The van der Waals surface area contributed by atoms with Crippen LogP contribution in [0.1, 0.15) is 0 Å². The molecule has 90 valence electrons. The highest BCUT2D eigenvalue weighted by Gasteiger charge is 2.17. The van der Waals surface area contributed by atoms with Gasteiger partial charge in [0.05, 0.1) is 13.3 Å². The van der Waals surface area contributed by atoms with Crippen LogP contribution < -0.4 is 4.74 Å². The number of sulfone groups is 1. The summed E-state index contributed by atoms with van der Waals surface area (Å²) in [7, 11) is -1.76. The van der Waals surface area contributed by atoms with Crippen LogP contribution in [-0.4, -0.2) is 32.0 Å². The third-order valence-electron chi connectivity index (χ3n) is 2.36. The summed E-state index contributed by atoms with van der Waals surface area (Å²) in [6.45, 7) is 0.